The highest BCUT2D eigenvalue weighted by Crippen LogP contribution is 2.28. The maximum atomic E-state index is 4.49. The first kappa shape index (κ1) is 11.0. The number of para-hydroxylation sites is 2. The summed E-state index contributed by atoms with van der Waals surface area (Å²) in [6, 6.07) is 7.97. The Bertz CT molecular complexity index is 634. The second-order valence-electron chi connectivity index (χ2n) is 3.34. The topological polar surface area (TPSA) is 54.5 Å². The van der Waals surface area contributed by atoms with E-state index in [-0.39, 0.29) is 0 Å². The molecule has 0 aliphatic rings. The zero-order valence-electron chi connectivity index (χ0n) is 8.59. The largest absolute Gasteiger partial charge is 0.333 e. The highest BCUT2D eigenvalue weighted by atomic mass is 127. The number of aromatic amines is 1. The molecule has 0 saturated heterocycles. The van der Waals surface area contributed by atoms with E-state index in [0.717, 1.165) is 24.8 Å². The Morgan fingerprint density at radius 2 is 2.12 bits per heavy atom. The number of nitrogens with one attached hydrogen (secondary N) is 1. The molecule has 0 aliphatic carbocycles. The fraction of sp³-hybridized carbons (Fsp3) is 0. The molecule has 17 heavy (non-hydrogen) atoms. The van der Waals surface area contributed by atoms with E-state index < -0.39 is 0 Å². The van der Waals surface area contributed by atoms with Gasteiger partial charge in [-0.05, 0) is 46.5 Å². The minimum Gasteiger partial charge on any atom is -0.333 e. The summed E-state index contributed by atoms with van der Waals surface area (Å²) in [4.78, 5) is 15.9. The van der Waals surface area contributed by atoms with E-state index in [1.807, 2.05) is 24.3 Å². The Balaban J connectivity index is 1.98. The van der Waals surface area contributed by atoms with Crippen molar-refractivity contribution in [3.63, 3.8) is 0 Å². The molecular formula is C11H7IN4S. The zero-order chi connectivity index (χ0) is 11.7. The molecule has 1 aromatic carbocycles. The van der Waals surface area contributed by atoms with Crippen molar-refractivity contribution >= 4 is 45.4 Å². The van der Waals surface area contributed by atoms with E-state index in [9.17, 15) is 0 Å². The van der Waals surface area contributed by atoms with Gasteiger partial charge < -0.3 is 4.98 Å². The minimum absolute atomic E-state index is 0.850. The molecule has 2 aromatic heterocycles. The molecular weight excluding hydrogens is 347 g/mol. The first-order chi connectivity index (χ1) is 8.33. The Morgan fingerprint density at radius 3 is 2.94 bits per heavy atom. The summed E-state index contributed by atoms with van der Waals surface area (Å²) < 4.78 is 1.02. The van der Waals surface area contributed by atoms with Gasteiger partial charge in [0, 0.05) is 6.20 Å². The Hall–Kier alpha value is -1.15. The van der Waals surface area contributed by atoms with Crippen molar-refractivity contribution in [3.8, 4) is 0 Å². The van der Waals surface area contributed by atoms with E-state index in [2.05, 4.69) is 42.5 Å². The van der Waals surface area contributed by atoms with Crippen LogP contribution < -0.4 is 0 Å². The van der Waals surface area contributed by atoms with E-state index in [1.165, 1.54) is 11.8 Å². The number of aromatic nitrogens is 4. The van der Waals surface area contributed by atoms with Crippen LogP contribution in [0.3, 0.4) is 0 Å². The Morgan fingerprint density at radius 1 is 1.24 bits per heavy atom. The third kappa shape index (κ3) is 2.27. The molecule has 3 aromatic rings. The molecule has 4 nitrogen and oxygen atoms in total. The average molecular weight is 354 g/mol. The van der Waals surface area contributed by atoms with E-state index in [4.69, 9.17) is 0 Å². The lowest BCUT2D eigenvalue weighted by Gasteiger charge is -1.97. The third-order valence-corrected chi connectivity index (χ3v) is 4.26. The molecule has 0 aliphatic heterocycles. The van der Waals surface area contributed by atoms with Crippen LogP contribution >= 0.6 is 34.4 Å². The standard InChI is InChI=1S/C11H7IN4S/c12-7-5-13-6-14-10(7)17-11-15-8-3-1-2-4-9(8)16-11/h1-6H,(H,15,16). The molecule has 0 saturated carbocycles. The van der Waals surface area contributed by atoms with Crippen molar-refractivity contribution < 1.29 is 0 Å². The number of hydrogen-bond donors (Lipinski definition) is 1. The van der Waals surface area contributed by atoms with Crippen LogP contribution in [-0.4, -0.2) is 19.9 Å². The first-order valence-electron chi connectivity index (χ1n) is 4.91. The molecule has 3 rings (SSSR count). The van der Waals surface area contributed by atoms with Gasteiger partial charge in [-0.3, -0.25) is 0 Å². The lowest BCUT2D eigenvalue weighted by molar-refractivity contribution is 1.00. The van der Waals surface area contributed by atoms with E-state index in [1.54, 1.807) is 12.5 Å². The van der Waals surface area contributed by atoms with Crippen LogP contribution in [0.15, 0.2) is 47.0 Å². The molecule has 0 unspecified atom stereocenters. The maximum Gasteiger partial charge on any atom is 0.172 e. The van der Waals surface area contributed by atoms with Gasteiger partial charge in [0.05, 0.1) is 14.6 Å². The normalized spacial score (nSPS) is 10.9. The zero-order valence-corrected chi connectivity index (χ0v) is 11.6. The quantitative estimate of drug-likeness (QED) is 0.568. The van der Waals surface area contributed by atoms with Crippen molar-refractivity contribution in [1.29, 1.82) is 0 Å². The van der Waals surface area contributed by atoms with Gasteiger partial charge in [-0.2, -0.15) is 0 Å². The summed E-state index contributed by atoms with van der Waals surface area (Å²) in [5.74, 6) is 0. The number of imidazole rings is 1. The van der Waals surface area contributed by atoms with Crippen LogP contribution in [0.25, 0.3) is 11.0 Å². The molecule has 0 atom stereocenters. The second kappa shape index (κ2) is 4.61. The van der Waals surface area contributed by atoms with Crippen molar-refractivity contribution in [2.75, 3.05) is 0 Å². The summed E-state index contributed by atoms with van der Waals surface area (Å²) in [7, 11) is 0. The number of nitrogens with zero attached hydrogens (tertiary/aromatic N) is 3. The molecule has 6 heteroatoms. The van der Waals surface area contributed by atoms with E-state index in [0.29, 0.717) is 0 Å². The van der Waals surface area contributed by atoms with Gasteiger partial charge in [0.25, 0.3) is 0 Å². The SMILES string of the molecule is Ic1cncnc1Sc1nc2ccccc2[nH]1. The lowest BCUT2D eigenvalue weighted by Crippen LogP contribution is -1.87. The maximum absolute atomic E-state index is 4.49. The van der Waals surface area contributed by atoms with Gasteiger partial charge in [-0.15, -0.1) is 0 Å². The van der Waals surface area contributed by atoms with Gasteiger partial charge >= 0.3 is 0 Å². The molecule has 84 valence electrons. The van der Waals surface area contributed by atoms with Crippen LogP contribution in [0, 0.1) is 3.57 Å². The molecule has 2 heterocycles. The number of fused-ring (bicyclic) bond motifs is 1. The number of hydrogen-bond acceptors (Lipinski definition) is 4. The van der Waals surface area contributed by atoms with Crippen LogP contribution in [0.5, 0.6) is 0 Å². The Labute approximate surface area is 115 Å². The monoisotopic (exact) mass is 354 g/mol. The second-order valence-corrected chi connectivity index (χ2v) is 5.48. The molecule has 0 fully saturated rings. The third-order valence-electron chi connectivity index (χ3n) is 2.19. The first-order valence-corrected chi connectivity index (χ1v) is 6.80. The molecule has 0 spiro atoms. The predicted molar refractivity (Wildman–Crippen MR) is 75.0 cm³/mol. The summed E-state index contributed by atoms with van der Waals surface area (Å²) in [5, 5.41) is 1.77. The van der Waals surface area contributed by atoms with Crippen LogP contribution in [0.1, 0.15) is 0 Å². The fourth-order valence-electron chi connectivity index (χ4n) is 1.45. The molecule has 0 amide bonds. The van der Waals surface area contributed by atoms with Crippen molar-refractivity contribution in [3.05, 3.63) is 40.4 Å². The van der Waals surface area contributed by atoms with Crippen LogP contribution in [-0.2, 0) is 0 Å². The lowest BCUT2D eigenvalue weighted by atomic mass is 10.3. The molecule has 0 bridgehead atoms. The van der Waals surface area contributed by atoms with Crippen LogP contribution in [0.4, 0.5) is 0 Å². The smallest absolute Gasteiger partial charge is 0.172 e. The predicted octanol–water partition coefficient (Wildman–Crippen LogP) is 3.11. The fourth-order valence-corrected chi connectivity index (χ4v) is 2.81. The highest BCUT2D eigenvalue weighted by Gasteiger charge is 2.07. The van der Waals surface area contributed by atoms with Crippen LogP contribution in [0.2, 0.25) is 0 Å². The molecule has 0 radical (unpaired) electrons. The van der Waals surface area contributed by atoms with Crippen molar-refractivity contribution in [2.24, 2.45) is 0 Å². The van der Waals surface area contributed by atoms with Gasteiger partial charge in [0.2, 0.25) is 0 Å². The summed E-state index contributed by atoms with van der Waals surface area (Å²) in [6.07, 6.45) is 3.34. The summed E-state index contributed by atoms with van der Waals surface area (Å²) >= 11 is 3.73. The van der Waals surface area contributed by atoms with Gasteiger partial charge in [-0.25, -0.2) is 15.0 Å². The van der Waals surface area contributed by atoms with Gasteiger partial charge in [-0.1, -0.05) is 12.1 Å². The highest BCUT2D eigenvalue weighted by molar-refractivity contribution is 14.1. The van der Waals surface area contributed by atoms with E-state index >= 15 is 0 Å². The average Bonchev–Trinajstić information content (AvgIpc) is 2.74. The number of H-pyrrole nitrogens is 1. The number of halogens is 1. The summed E-state index contributed by atoms with van der Waals surface area (Å²) in [6.45, 7) is 0. The van der Waals surface area contributed by atoms with Gasteiger partial charge in [0.15, 0.2) is 5.16 Å². The summed E-state index contributed by atoms with van der Waals surface area (Å²) in [5.41, 5.74) is 2.01. The van der Waals surface area contributed by atoms with Crippen molar-refractivity contribution in [2.45, 2.75) is 10.2 Å². The molecule has 1 N–H and O–H groups in total. The Kier molecular flexibility index (Phi) is 2.98. The minimum atomic E-state index is 0.850. The van der Waals surface area contributed by atoms with Gasteiger partial charge in [0.1, 0.15) is 11.4 Å². The van der Waals surface area contributed by atoms with Crippen molar-refractivity contribution in [1.82, 2.24) is 19.9 Å². The number of benzene rings is 1. The number of rotatable bonds is 2.